The Balaban J connectivity index is 1.82. The van der Waals surface area contributed by atoms with Crippen molar-refractivity contribution >= 4 is 35.0 Å². The van der Waals surface area contributed by atoms with Crippen molar-refractivity contribution in [1.82, 2.24) is 0 Å². The zero-order valence-electron chi connectivity index (χ0n) is 45.7. The summed E-state index contributed by atoms with van der Waals surface area (Å²) in [6.45, 7) is 7.08. The first-order valence-corrected chi connectivity index (χ1v) is 27.1. The van der Waals surface area contributed by atoms with Crippen molar-refractivity contribution < 1.29 is 89.2 Å². The zero-order valence-corrected chi connectivity index (χ0v) is 45.7. The molecule has 0 amide bonds. The third-order valence-corrected chi connectivity index (χ3v) is 14.0. The van der Waals surface area contributed by atoms with Crippen molar-refractivity contribution in [2.24, 2.45) is 29.4 Å². The molecule has 1 unspecified atom stereocenters. The number of allylic oxidation sites excluding steroid dienone is 12. The van der Waals surface area contributed by atoms with Crippen LogP contribution in [0.4, 0.5) is 5.69 Å². The second kappa shape index (κ2) is 35.4. The summed E-state index contributed by atoms with van der Waals surface area (Å²) in [7, 11) is 0. The number of nitrogen functional groups attached to an aromatic ring is 1. The number of cyclic esters (lactones) is 1. The minimum absolute atomic E-state index is 0.0526. The van der Waals surface area contributed by atoms with Crippen LogP contribution < -0.4 is 11.5 Å². The molecule has 20 nitrogen and oxygen atoms in total. The van der Waals surface area contributed by atoms with Crippen molar-refractivity contribution in [1.29, 1.82) is 0 Å². The molecule has 0 aliphatic carbocycles. The molecule has 14 N–H and O–H groups in total. The van der Waals surface area contributed by atoms with E-state index in [9.17, 15) is 75.0 Å². The number of ether oxygens (including phenoxy) is 3. The van der Waals surface area contributed by atoms with E-state index >= 15 is 0 Å². The SMILES string of the molecule is C[C@H]1/C=C/C=C/C=C\C=C/C=C/C=C/C=C/[C@H](O[C@@H]2O[C@H](C)[C@@H](O)[C@H](N)[C@@H]2O)C[C@H](O)[C@H](C(=O)O)[C@@H](O)CC(=O)C[C@@H](O)C[C@@H](O)C[C@@H](O)CC(=O)CCCC(O)CC(=O)O[C@@H]1[C@@H](C)C[C@H](C)[C@@H](O)CC(=O)c1ccc(N)cc1. The first-order chi connectivity index (χ1) is 37.4. The van der Waals surface area contributed by atoms with E-state index < -0.39 is 141 Å². The van der Waals surface area contributed by atoms with Gasteiger partial charge in [0, 0.05) is 55.7 Å². The Labute approximate surface area is 463 Å². The molecule has 2 heterocycles. The Morgan fingerprint density at radius 3 is 1.80 bits per heavy atom. The third-order valence-electron chi connectivity index (χ3n) is 14.0. The molecular formula is C59H86N2O18. The Kier molecular flexibility index (Phi) is 30.5. The van der Waals surface area contributed by atoms with Gasteiger partial charge in [0.05, 0.1) is 73.5 Å². The van der Waals surface area contributed by atoms with Crippen molar-refractivity contribution in [2.75, 3.05) is 5.73 Å². The first-order valence-electron chi connectivity index (χ1n) is 27.1. The van der Waals surface area contributed by atoms with Gasteiger partial charge in [-0.3, -0.25) is 24.0 Å². The minimum Gasteiger partial charge on any atom is -0.481 e. The molecular weight excluding hydrogens is 1020 g/mol. The largest absolute Gasteiger partial charge is 0.481 e. The zero-order chi connectivity index (χ0) is 58.8. The number of aliphatic hydroxyl groups is 9. The highest BCUT2D eigenvalue weighted by Gasteiger charge is 2.43. The number of anilines is 1. The van der Waals surface area contributed by atoms with Gasteiger partial charge in [-0.2, -0.15) is 0 Å². The quantitative estimate of drug-likeness (QED) is 0.0907. The standard InChI is InChI=1S/C59H86N2O18/c1-35-18-15-13-11-9-7-5-6-8-10-12-14-16-21-47(78-59-56(74)54(61)55(73)38(4)77-59)33-51(71)53(58(75)76)50(70)31-46(67)30-45(66)29-44(65)28-43(64)27-41(62)19-17-20-42(63)32-52(72)79-57(35)37(3)26-36(2)48(68)34-49(69)39-22-24-40(60)25-23-39/h5-16,18,21-25,35-38,42-45,47-48,50-51,53-57,59,63-66,68,70-71,73-74H,17,19-20,26-34,60-61H2,1-4H3,(H,75,76)/b6-5-,9-7-,10-8+,13-11+,14-12+,18-15+,21-16+/t35-,36-,37-,38+,42?,43-,44-,45-,47-,48-,50-,51-,53+,54-,55+,56-,57-,59-/m0/s1. The van der Waals surface area contributed by atoms with E-state index in [-0.39, 0.29) is 68.5 Å². The van der Waals surface area contributed by atoms with Crippen LogP contribution in [0.15, 0.2) is 109 Å². The predicted molar refractivity (Wildman–Crippen MR) is 294 cm³/mol. The van der Waals surface area contributed by atoms with Crippen LogP contribution >= 0.6 is 0 Å². The summed E-state index contributed by atoms with van der Waals surface area (Å²) in [4.78, 5) is 64.4. The van der Waals surface area contributed by atoms with Crippen molar-refractivity contribution in [3.8, 4) is 0 Å². The highest BCUT2D eigenvalue weighted by atomic mass is 16.7. The molecule has 1 aromatic rings. The molecule has 18 atom stereocenters. The number of ketones is 3. The third kappa shape index (κ3) is 25.3. The van der Waals surface area contributed by atoms with E-state index in [2.05, 4.69) is 0 Å². The fraction of sp³-hybridized carbons (Fsp3) is 0.576. The average molecular weight is 1110 g/mol. The minimum atomic E-state index is -1.95. The number of carboxylic acid groups (broad SMARTS) is 1. The monoisotopic (exact) mass is 1110 g/mol. The van der Waals surface area contributed by atoms with E-state index in [1.54, 1.807) is 91.1 Å². The van der Waals surface area contributed by atoms with Crippen molar-refractivity contribution in [3.63, 3.8) is 0 Å². The molecule has 1 saturated heterocycles. The molecule has 1 fully saturated rings. The number of nitrogens with two attached hydrogens (primary N) is 2. The summed E-state index contributed by atoms with van der Waals surface area (Å²) in [6.07, 6.45) is 3.96. The smallest absolute Gasteiger partial charge is 0.311 e. The second-order valence-corrected chi connectivity index (χ2v) is 21.1. The molecule has 20 heteroatoms. The Morgan fingerprint density at radius 2 is 1.23 bits per heavy atom. The van der Waals surface area contributed by atoms with Crippen LogP contribution in [0.5, 0.6) is 0 Å². The lowest BCUT2D eigenvalue weighted by molar-refractivity contribution is -0.277. The average Bonchev–Trinajstić information content (AvgIpc) is 3.36. The van der Waals surface area contributed by atoms with Gasteiger partial charge < -0.3 is 76.7 Å². The molecule has 2 aliphatic rings. The topological polar surface area (TPSA) is 367 Å². The molecule has 2 aliphatic heterocycles. The number of carbonyl (C=O) groups excluding carboxylic acids is 4. The first kappa shape index (κ1) is 67.9. The molecule has 79 heavy (non-hydrogen) atoms. The van der Waals surface area contributed by atoms with Crippen LogP contribution in [0.1, 0.15) is 115 Å². The molecule has 0 spiro atoms. The number of aliphatic hydroxyl groups excluding tert-OH is 9. The highest BCUT2D eigenvalue weighted by Crippen LogP contribution is 2.29. The highest BCUT2D eigenvalue weighted by molar-refractivity contribution is 5.96. The van der Waals surface area contributed by atoms with E-state index in [4.69, 9.17) is 25.7 Å². The van der Waals surface area contributed by atoms with Gasteiger partial charge in [0.2, 0.25) is 0 Å². The fourth-order valence-electron chi connectivity index (χ4n) is 9.47. The fourth-order valence-corrected chi connectivity index (χ4v) is 9.47. The Bertz CT molecular complexity index is 2260. The molecule has 0 aromatic heterocycles. The maximum atomic E-state index is 13.3. The van der Waals surface area contributed by atoms with Gasteiger partial charge in [-0.25, -0.2) is 0 Å². The number of esters is 1. The van der Waals surface area contributed by atoms with Crippen LogP contribution in [0, 0.1) is 23.7 Å². The van der Waals surface area contributed by atoms with Gasteiger partial charge >= 0.3 is 11.9 Å². The molecule has 1 aromatic carbocycles. The normalized spacial score (nSPS) is 35.6. The number of hydrogen-bond acceptors (Lipinski definition) is 19. The second-order valence-electron chi connectivity index (χ2n) is 21.1. The summed E-state index contributed by atoms with van der Waals surface area (Å²) >= 11 is 0. The lowest BCUT2D eigenvalue weighted by atomic mass is 9.83. The van der Waals surface area contributed by atoms with Gasteiger partial charge in [-0.1, -0.05) is 106 Å². The number of benzene rings is 1. The van der Waals surface area contributed by atoms with Crippen molar-refractivity contribution in [2.45, 2.75) is 190 Å². The van der Waals surface area contributed by atoms with E-state index in [1.807, 2.05) is 26.8 Å². The molecule has 3 rings (SSSR count). The van der Waals surface area contributed by atoms with Crippen LogP contribution in [-0.4, -0.2) is 166 Å². The van der Waals surface area contributed by atoms with E-state index in [1.165, 1.54) is 19.1 Å². The molecule has 0 bridgehead atoms. The number of hydrogen-bond donors (Lipinski definition) is 12. The van der Waals surface area contributed by atoms with Gasteiger partial charge in [0.15, 0.2) is 12.1 Å². The number of carbonyl (C=O) groups is 5. The lowest BCUT2D eigenvalue weighted by Crippen LogP contribution is -2.61. The lowest BCUT2D eigenvalue weighted by Gasteiger charge is -2.41. The van der Waals surface area contributed by atoms with E-state index in [0.717, 1.165) is 0 Å². The van der Waals surface area contributed by atoms with Gasteiger partial charge in [0.25, 0.3) is 0 Å². The Hall–Kier alpha value is -5.33. The summed E-state index contributed by atoms with van der Waals surface area (Å²) in [5.74, 6) is -6.71. The van der Waals surface area contributed by atoms with Crippen LogP contribution in [0.3, 0.4) is 0 Å². The van der Waals surface area contributed by atoms with Crippen molar-refractivity contribution in [3.05, 3.63) is 115 Å². The van der Waals surface area contributed by atoms with Crippen LogP contribution in [0.2, 0.25) is 0 Å². The summed E-state index contributed by atoms with van der Waals surface area (Å²) < 4.78 is 17.6. The molecule has 0 radical (unpaired) electrons. The van der Waals surface area contributed by atoms with Crippen LogP contribution in [-0.2, 0) is 33.4 Å². The van der Waals surface area contributed by atoms with Crippen LogP contribution in [0.25, 0.3) is 0 Å². The predicted octanol–water partition coefficient (Wildman–Crippen LogP) is 3.40. The van der Waals surface area contributed by atoms with Gasteiger partial charge in [-0.05, 0) is 75.1 Å². The summed E-state index contributed by atoms with van der Waals surface area (Å²) in [5, 5.41) is 107. The van der Waals surface area contributed by atoms with E-state index in [0.29, 0.717) is 17.7 Å². The summed E-state index contributed by atoms with van der Waals surface area (Å²) in [5.41, 5.74) is 12.7. The molecule has 440 valence electrons. The number of carboxylic acids is 1. The van der Waals surface area contributed by atoms with Gasteiger partial charge in [-0.15, -0.1) is 0 Å². The maximum Gasteiger partial charge on any atom is 0.311 e. The summed E-state index contributed by atoms with van der Waals surface area (Å²) in [6, 6.07) is 5.27. The number of rotatable bonds is 10. The number of aliphatic carboxylic acids is 1. The molecule has 0 saturated carbocycles. The maximum absolute atomic E-state index is 13.3. The number of Topliss-reactive ketones (excluding diaryl/α,β-unsaturated/α-hetero) is 3. The Morgan fingerprint density at radius 1 is 0.684 bits per heavy atom. The van der Waals surface area contributed by atoms with Gasteiger partial charge in [0.1, 0.15) is 29.7 Å².